The van der Waals surface area contributed by atoms with Crippen LogP contribution in [0.1, 0.15) is 60.5 Å². The fraction of sp³-hybridized carbons (Fsp3) is 0.151. The molecule has 1 heterocycles. The van der Waals surface area contributed by atoms with E-state index in [1.165, 1.54) is 84.3 Å². The van der Waals surface area contributed by atoms with Gasteiger partial charge in [-0.15, -0.1) is 0 Å². The number of nitrogens with zero attached hydrogens (tertiary/aromatic N) is 1. The van der Waals surface area contributed by atoms with Gasteiger partial charge in [-0.25, -0.2) is 0 Å². The van der Waals surface area contributed by atoms with Gasteiger partial charge in [0.05, 0.1) is 6.04 Å². The fourth-order valence-electron chi connectivity index (χ4n) is 9.17. The lowest BCUT2D eigenvalue weighted by molar-refractivity contribution is 0.612. The summed E-state index contributed by atoms with van der Waals surface area (Å²) in [5.74, 6) is 1.03. The van der Waals surface area contributed by atoms with Crippen LogP contribution in [0.5, 0.6) is 0 Å². The van der Waals surface area contributed by atoms with E-state index in [0.29, 0.717) is 11.8 Å². The van der Waals surface area contributed by atoms with Crippen molar-refractivity contribution in [2.45, 2.75) is 38.1 Å². The van der Waals surface area contributed by atoms with Gasteiger partial charge in [0.15, 0.2) is 0 Å². The van der Waals surface area contributed by atoms with Gasteiger partial charge in [-0.3, -0.25) is 4.99 Å². The highest BCUT2D eigenvalue weighted by Crippen LogP contribution is 2.57. The SMILES string of the molecule is CC1(C)c2ccccc2-c2ccc(-c3ccc(-c4ccc(C5/N=C(/c6ccc(-c7ccccc7)cc6)C/C=C(/c6ccccc6)C6CC65)cc4)cc3)cc21. The zero-order chi connectivity index (χ0) is 36.2. The van der Waals surface area contributed by atoms with Crippen LogP contribution in [0, 0.1) is 11.8 Å². The average molecular weight is 694 g/mol. The van der Waals surface area contributed by atoms with Crippen molar-refractivity contribution in [1.82, 2.24) is 0 Å². The number of benzene rings is 7. The minimum absolute atomic E-state index is 0.00219. The number of aliphatic imine (C=N–C) groups is 1. The summed E-state index contributed by atoms with van der Waals surface area (Å²) in [6, 6.07) is 65.0. The highest BCUT2D eigenvalue weighted by atomic mass is 14.8. The standard InChI is InChI=1S/C53H43N/c1-53(2)49-16-10-9-15-45(49)46-30-29-43(33-50(46)53)39-19-17-37(18-20-39)38-23-27-42(28-24-38)52-48-34-47(48)44(40-13-7-4-8-14-40)31-32-51(54-52)41-25-21-36(22-26-41)35-11-5-3-6-12-35/h3-31,33,47-48,52H,32,34H2,1-2H3/b44-31-,54-51+. The monoisotopic (exact) mass is 693 g/mol. The van der Waals surface area contributed by atoms with Gasteiger partial charge in [-0.05, 0) is 102 Å². The Hall–Kier alpha value is -6.05. The summed E-state index contributed by atoms with van der Waals surface area (Å²) in [4.78, 5) is 5.60. The Kier molecular flexibility index (Phi) is 7.91. The zero-order valence-corrected chi connectivity index (χ0v) is 30.9. The average Bonchev–Trinajstić information content (AvgIpc) is 3.97. The summed E-state index contributed by atoms with van der Waals surface area (Å²) in [6.45, 7) is 4.70. The molecule has 1 nitrogen and oxygen atoms in total. The molecule has 0 radical (unpaired) electrons. The minimum Gasteiger partial charge on any atom is -0.280 e. The maximum absolute atomic E-state index is 5.60. The normalized spacial score (nSPS) is 21.3. The molecule has 1 fully saturated rings. The third-order valence-electron chi connectivity index (χ3n) is 12.3. The van der Waals surface area contributed by atoms with Gasteiger partial charge < -0.3 is 0 Å². The number of hydrogen-bond donors (Lipinski definition) is 0. The molecule has 54 heavy (non-hydrogen) atoms. The van der Waals surface area contributed by atoms with Crippen LogP contribution in [0.4, 0.5) is 0 Å². The second-order valence-electron chi connectivity index (χ2n) is 15.8. The van der Waals surface area contributed by atoms with E-state index in [4.69, 9.17) is 4.99 Å². The summed E-state index contributed by atoms with van der Waals surface area (Å²) in [7, 11) is 0. The highest BCUT2D eigenvalue weighted by molar-refractivity contribution is 6.03. The molecular formula is C53H43N. The maximum Gasteiger partial charge on any atom is 0.0786 e. The highest BCUT2D eigenvalue weighted by Gasteiger charge is 2.46. The molecule has 3 aliphatic rings. The first-order valence-corrected chi connectivity index (χ1v) is 19.4. The van der Waals surface area contributed by atoms with Crippen molar-refractivity contribution in [2.24, 2.45) is 16.8 Å². The van der Waals surface area contributed by atoms with Gasteiger partial charge in [0.2, 0.25) is 0 Å². The van der Waals surface area contributed by atoms with Gasteiger partial charge in [0.1, 0.15) is 0 Å². The Labute approximate surface area is 319 Å². The Balaban J connectivity index is 0.937. The van der Waals surface area contributed by atoms with Crippen LogP contribution in [0.3, 0.4) is 0 Å². The van der Waals surface area contributed by atoms with E-state index in [1.807, 2.05) is 0 Å². The van der Waals surface area contributed by atoms with Crippen molar-refractivity contribution in [3.63, 3.8) is 0 Å². The molecule has 2 aliphatic carbocycles. The van der Waals surface area contributed by atoms with E-state index < -0.39 is 0 Å². The Bertz CT molecular complexity index is 2540. The Morgan fingerprint density at radius 3 is 1.63 bits per heavy atom. The molecule has 7 aromatic rings. The summed E-state index contributed by atoms with van der Waals surface area (Å²) in [5, 5.41) is 0. The van der Waals surface area contributed by atoms with Crippen LogP contribution in [0.15, 0.2) is 187 Å². The quantitative estimate of drug-likeness (QED) is 0.164. The molecule has 0 bridgehead atoms. The second-order valence-corrected chi connectivity index (χ2v) is 15.8. The van der Waals surface area contributed by atoms with Crippen LogP contribution in [-0.2, 0) is 5.41 Å². The molecule has 0 spiro atoms. The van der Waals surface area contributed by atoms with Crippen LogP contribution in [0.25, 0.3) is 50.1 Å². The van der Waals surface area contributed by atoms with Crippen LogP contribution >= 0.6 is 0 Å². The first-order valence-electron chi connectivity index (χ1n) is 19.4. The van der Waals surface area contributed by atoms with Crippen LogP contribution < -0.4 is 0 Å². The van der Waals surface area contributed by atoms with Gasteiger partial charge >= 0.3 is 0 Å². The first kappa shape index (κ1) is 32.6. The Morgan fingerprint density at radius 2 is 0.963 bits per heavy atom. The summed E-state index contributed by atoms with van der Waals surface area (Å²) >= 11 is 0. The smallest absolute Gasteiger partial charge is 0.0786 e. The van der Waals surface area contributed by atoms with Gasteiger partial charge in [0.25, 0.3) is 0 Å². The summed E-state index contributed by atoms with van der Waals surface area (Å²) in [6.07, 6.45) is 4.45. The molecule has 1 heteroatoms. The molecule has 0 amide bonds. The largest absolute Gasteiger partial charge is 0.280 e. The van der Waals surface area contributed by atoms with E-state index in [9.17, 15) is 0 Å². The number of fused-ring (bicyclic) bond motifs is 4. The van der Waals surface area contributed by atoms with Crippen LogP contribution in [-0.4, -0.2) is 5.71 Å². The van der Waals surface area contributed by atoms with Crippen molar-refractivity contribution in [1.29, 1.82) is 0 Å². The van der Waals surface area contributed by atoms with Crippen LogP contribution in [0.2, 0.25) is 0 Å². The molecule has 3 unspecified atom stereocenters. The molecule has 0 aromatic heterocycles. The molecule has 10 rings (SSSR count). The Morgan fingerprint density at radius 1 is 0.463 bits per heavy atom. The number of rotatable bonds is 6. The topological polar surface area (TPSA) is 12.4 Å². The van der Waals surface area contributed by atoms with E-state index >= 15 is 0 Å². The van der Waals surface area contributed by atoms with Crippen molar-refractivity contribution in [3.05, 3.63) is 210 Å². The predicted molar refractivity (Wildman–Crippen MR) is 227 cm³/mol. The third-order valence-corrected chi connectivity index (χ3v) is 12.3. The number of allylic oxidation sites excluding steroid dienone is 2. The molecular weight excluding hydrogens is 651 g/mol. The van der Waals surface area contributed by atoms with Crippen molar-refractivity contribution in [2.75, 3.05) is 0 Å². The molecule has 0 saturated heterocycles. The lowest BCUT2D eigenvalue weighted by atomic mass is 9.81. The van der Waals surface area contributed by atoms with E-state index in [2.05, 4.69) is 196 Å². The summed E-state index contributed by atoms with van der Waals surface area (Å²) < 4.78 is 0. The third kappa shape index (κ3) is 5.76. The predicted octanol–water partition coefficient (Wildman–Crippen LogP) is 13.6. The fourth-order valence-corrected chi connectivity index (χ4v) is 9.17. The second kappa shape index (κ2) is 13.1. The van der Waals surface area contributed by atoms with E-state index in [-0.39, 0.29) is 11.5 Å². The zero-order valence-electron chi connectivity index (χ0n) is 30.9. The molecule has 7 aromatic carbocycles. The lowest BCUT2D eigenvalue weighted by Gasteiger charge is -2.22. The molecule has 0 N–H and O–H groups in total. The maximum atomic E-state index is 5.60. The number of hydrogen-bond acceptors (Lipinski definition) is 1. The van der Waals surface area contributed by atoms with Gasteiger partial charge in [-0.1, -0.05) is 190 Å². The molecule has 260 valence electrons. The lowest BCUT2D eigenvalue weighted by Crippen LogP contribution is -2.14. The van der Waals surface area contributed by atoms with Crippen molar-refractivity contribution in [3.8, 4) is 44.5 Å². The van der Waals surface area contributed by atoms with Crippen molar-refractivity contribution >= 4 is 11.3 Å². The molecule has 1 saturated carbocycles. The summed E-state index contributed by atoms with van der Waals surface area (Å²) in [5.41, 5.74) is 19.5. The van der Waals surface area contributed by atoms with Crippen molar-refractivity contribution < 1.29 is 0 Å². The molecule has 1 aliphatic heterocycles. The van der Waals surface area contributed by atoms with Gasteiger partial charge in [-0.2, -0.15) is 0 Å². The minimum atomic E-state index is -0.00219. The van der Waals surface area contributed by atoms with Gasteiger partial charge in [0, 0.05) is 17.5 Å². The molecule has 3 atom stereocenters. The first-order chi connectivity index (χ1) is 26.5. The van der Waals surface area contributed by atoms with E-state index in [1.54, 1.807) is 0 Å². The van der Waals surface area contributed by atoms with E-state index in [0.717, 1.165) is 12.1 Å².